The lowest BCUT2D eigenvalue weighted by Gasteiger charge is -2.29. The maximum atomic E-state index is 6.73. The van der Waals surface area contributed by atoms with Gasteiger partial charge >= 0.3 is 0 Å². The number of nitrogens with zero attached hydrogens (tertiary/aromatic N) is 3. The van der Waals surface area contributed by atoms with E-state index in [0.717, 1.165) is 72.7 Å². The molecule has 0 saturated carbocycles. The number of furan rings is 1. The molecule has 256 valence electrons. The molecule has 0 amide bonds. The van der Waals surface area contributed by atoms with Gasteiger partial charge in [-0.1, -0.05) is 115 Å². The van der Waals surface area contributed by atoms with Crippen LogP contribution in [0.3, 0.4) is 0 Å². The molecular weight excluding hydrogens is 663 g/mol. The number of rotatable bonds is 8. The molecule has 10 aromatic rings. The first-order valence-electron chi connectivity index (χ1n) is 18.0. The fourth-order valence-corrected chi connectivity index (χ4v) is 7.32. The average Bonchev–Trinajstić information content (AvgIpc) is 3.85. The Morgan fingerprint density at radius 2 is 0.889 bits per heavy atom. The molecule has 8 aromatic carbocycles. The summed E-state index contributed by atoms with van der Waals surface area (Å²) in [6.07, 6.45) is 0. The first kappa shape index (κ1) is 31.4. The van der Waals surface area contributed by atoms with Gasteiger partial charge in [0.05, 0.1) is 11.4 Å². The van der Waals surface area contributed by atoms with Crippen molar-refractivity contribution in [1.82, 2.24) is 4.98 Å². The molecule has 0 radical (unpaired) electrons. The minimum Gasteiger partial charge on any atom is -0.456 e. The summed E-state index contributed by atoms with van der Waals surface area (Å²) in [4.78, 5) is 9.65. The predicted octanol–water partition coefficient (Wildman–Crippen LogP) is 14.0. The van der Waals surface area contributed by atoms with Crippen molar-refractivity contribution in [3.05, 3.63) is 200 Å². The fraction of sp³-hybridized carbons (Fsp3) is 0. The van der Waals surface area contributed by atoms with Crippen LogP contribution in [0.4, 0.5) is 34.1 Å². The Morgan fingerprint density at radius 1 is 0.352 bits per heavy atom. The third-order valence-electron chi connectivity index (χ3n) is 9.86. The SMILES string of the molecule is c1ccc(-c2ccc(N(c3cc(N(c4ccccc4)c4ccccc4)c4oc(-c5ccccc5)nc4c3)c3ccc4c(c3)oc3ccccc34)cc2)cc1. The molecule has 2 aromatic heterocycles. The van der Waals surface area contributed by atoms with E-state index < -0.39 is 0 Å². The van der Waals surface area contributed by atoms with Crippen molar-refractivity contribution in [3.8, 4) is 22.6 Å². The van der Waals surface area contributed by atoms with E-state index in [1.807, 2.05) is 60.7 Å². The largest absolute Gasteiger partial charge is 0.456 e. The minimum atomic E-state index is 0.563. The van der Waals surface area contributed by atoms with E-state index in [4.69, 9.17) is 13.8 Å². The van der Waals surface area contributed by atoms with Crippen LogP contribution < -0.4 is 9.80 Å². The van der Waals surface area contributed by atoms with Gasteiger partial charge in [0.25, 0.3) is 0 Å². The molecule has 5 nitrogen and oxygen atoms in total. The standard InChI is InChI=1S/C49H33N3O2/c1-5-15-34(16-6-1)35-25-27-39(28-26-35)51(40-29-30-43-42-23-13-14-24-46(42)53-47(43)33-40)41-31-44-48(54-49(50-44)36-17-7-2-8-18-36)45(32-41)52(37-19-9-3-10-20-37)38-21-11-4-12-22-38/h1-33H. The molecule has 0 aliphatic heterocycles. The quantitative estimate of drug-likeness (QED) is 0.158. The molecule has 5 heteroatoms. The third kappa shape index (κ3) is 5.65. The Bertz CT molecular complexity index is 2830. The van der Waals surface area contributed by atoms with E-state index in [0.29, 0.717) is 11.5 Å². The summed E-state index contributed by atoms with van der Waals surface area (Å²) in [5, 5.41) is 2.17. The highest BCUT2D eigenvalue weighted by molar-refractivity contribution is 6.06. The third-order valence-corrected chi connectivity index (χ3v) is 9.86. The number of fused-ring (bicyclic) bond motifs is 4. The van der Waals surface area contributed by atoms with Crippen molar-refractivity contribution in [1.29, 1.82) is 0 Å². The number of para-hydroxylation sites is 3. The van der Waals surface area contributed by atoms with Crippen LogP contribution in [0.5, 0.6) is 0 Å². The number of anilines is 6. The second kappa shape index (κ2) is 13.3. The van der Waals surface area contributed by atoms with Crippen LogP contribution in [0, 0.1) is 0 Å². The molecule has 0 fully saturated rings. The number of oxazole rings is 1. The zero-order chi connectivity index (χ0) is 35.8. The Morgan fingerprint density at radius 3 is 1.57 bits per heavy atom. The summed E-state index contributed by atoms with van der Waals surface area (Å²) in [7, 11) is 0. The smallest absolute Gasteiger partial charge is 0.227 e. The summed E-state index contributed by atoms with van der Waals surface area (Å²) < 4.78 is 13.2. The van der Waals surface area contributed by atoms with Crippen LogP contribution in [0.1, 0.15) is 0 Å². The van der Waals surface area contributed by atoms with Crippen molar-refractivity contribution in [2.45, 2.75) is 0 Å². The van der Waals surface area contributed by atoms with E-state index in [9.17, 15) is 0 Å². The predicted molar refractivity (Wildman–Crippen MR) is 222 cm³/mol. The molecule has 0 saturated heterocycles. The number of benzene rings is 8. The summed E-state index contributed by atoms with van der Waals surface area (Å²) in [5.41, 5.74) is 12.1. The van der Waals surface area contributed by atoms with Crippen LogP contribution >= 0.6 is 0 Å². The Balaban J connectivity index is 1.23. The average molecular weight is 696 g/mol. The van der Waals surface area contributed by atoms with E-state index in [-0.39, 0.29) is 0 Å². The highest BCUT2D eigenvalue weighted by Crippen LogP contribution is 2.46. The van der Waals surface area contributed by atoms with Gasteiger partial charge in [-0.2, -0.15) is 0 Å². The number of hydrogen-bond donors (Lipinski definition) is 0. The summed E-state index contributed by atoms with van der Waals surface area (Å²) in [6.45, 7) is 0. The van der Waals surface area contributed by atoms with Gasteiger partial charge in [-0.3, -0.25) is 0 Å². The van der Waals surface area contributed by atoms with Crippen LogP contribution in [-0.4, -0.2) is 4.98 Å². The summed E-state index contributed by atoms with van der Waals surface area (Å²) in [5.74, 6) is 0.563. The molecule has 0 atom stereocenters. The molecule has 10 rings (SSSR count). The van der Waals surface area contributed by atoms with Gasteiger partial charge in [0.2, 0.25) is 5.89 Å². The molecular formula is C49H33N3O2. The molecule has 0 unspecified atom stereocenters. The molecule has 54 heavy (non-hydrogen) atoms. The van der Waals surface area contributed by atoms with Gasteiger partial charge < -0.3 is 18.6 Å². The lowest BCUT2D eigenvalue weighted by atomic mass is 10.0. The molecule has 0 N–H and O–H groups in total. The van der Waals surface area contributed by atoms with Gasteiger partial charge in [0, 0.05) is 45.2 Å². The Kier molecular flexibility index (Phi) is 7.73. The van der Waals surface area contributed by atoms with E-state index in [1.165, 1.54) is 5.56 Å². The highest BCUT2D eigenvalue weighted by Gasteiger charge is 2.24. The number of aromatic nitrogens is 1. The monoisotopic (exact) mass is 695 g/mol. The molecule has 0 aliphatic carbocycles. The second-order valence-corrected chi connectivity index (χ2v) is 13.2. The lowest BCUT2D eigenvalue weighted by Crippen LogP contribution is -2.13. The molecule has 0 aliphatic rings. The maximum Gasteiger partial charge on any atom is 0.227 e. The minimum absolute atomic E-state index is 0.563. The summed E-state index contributed by atoms with van der Waals surface area (Å²) in [6, 6.07) is 69.0. The Labute approximate surface area is 312 Å². The van der Waals surface area contributed by atoms with Crippen molar-refractivity contribution in [2.75, 3.05) is 9.80 Å². The van der Waals surface area contributed by atoms with Crippen LogP contribution in [0.15, 0.2) is 209 Å². The highest BCUT2D eigenvalue weighted by atomic mass is 16.3. The van der Waals surface area contributed by atoms with Gasteiger partial charge in [-0.25, -0.2) is 4.98 Å². The van der Waals surface area contributed by atoms with Crippen molar-refractivity contribution in [3.63, 3.8) is 0 Å². The first-order valence-corrected chi connectivity index (χ1v) is 18.0. The fourth-order valence-electron chi connectivity index (χ4n) is 7.32. The topological polar surface area (TPSA) is 45.7 Å². The van der Waals surface area contributed by atoms with Crippen molar-refractivity contribution < 1.29 is 8.83 Å². The van der Waals surface area contributed by atoms with E-state index in [1.54, 1.807) is 0 Å². The van der Waals surface area contributed by atoms with Crippen LogP contribution in [0.2, 0.25) is 0 Å². The van der Waals surface area contributed by atoms with Crippen molar-refractivity contribution >= 4 is 67.2 Å². The van der Waals surface area contributed by atoms with E-state index in [2.05, 4.69) is 149 Å². The van der Waals surface area contributed by atoms with E-state index >= 15 is 0 Å². The van der Waals surface area contributed by atoms with Crippen molar-refractivity contribution in [2.24, 2.45) is 0 Å². The maximum absolute atomic E-state index is 6.73. The lowest BCUT2D eigenvalue weighted by molar-refractivity contribution is 0.620. The van der Waals surface area contributed by atoms with Gasteiger partial charge in [-0.15, -0.1) is 0 Å². The zero-order valence-electron chi connectivity index (χ0n) is 29.2. The normalized spacial score (nSPS) is 11.3. The molecule has 0 spiro atoms. The van der Waals surface area contributed by atoms with Crippen LogP contribution in [0.25, 0.3) is 55.6 Å². The molecule has 0 bridgehead atoms. The molecule has 2 heterocycles. The van der Waals surface area contributed by atoms with Gasteiger partial charge in [-0.05, 0) is 90.0 Å². The van der Waals surface area contributed by atoms with Crippen LogP contribution in [-0.2, 0) is 0 Å². The first-order chi connectivity index (χ1) is 26.8. The summed E-state index contributed by atoms with van der Waals surface area (Å²) >= 11 is 0. The second-order valence-electron chi connectivity index (χ2n) is 13.2. The Hall–Kier alpha value is -7.37. The number of hydrogen-bond acceptors (Lipinski definition) is 5. The zero-order valence-corrected chi connectivity index (χ0v) is 29.2. The van der Waals surface area contributed by atoms with Gasteiger partial charge in [0.15, 0.2) is 5.58 Å². The van der Waals surface area contributed by atoms with Gasteiger partial charge in [0.1, 0.15) is 16.7 Å².